The summed E-state index contributed by atoms with van der Waals surface area (Å²) in [6, 6.07) is -0.0152. The summed E-state index contributed by atoms with van der Waals surface area (Å²) < 4.78 is 23.1. The van der Waals surface area contributed by atoms with Crippen molar-refractivity contribution in [3.05, 3.63) is 0 Å². The van der Waals surface area contributed by atoms with Gasteiger partial charge in [-0.1, -0.05) is 13.8 Å². The first-order valence-electron chi connectivity index (χ1n) is 9.04. The van der Waals surface area contributed by atoms with Crippen LogP contribution < -0.4 is 10.6 Å². The van der Waals surface area contributed by atoms with E-state index in [0.717, 1.165) is 45.8 Å². The van der Waals surface area contributed by atoms with Crippen molar-refractivity contribution in [1.82, 2.24) is 20.4 Å². The van der Waals surface area contributed by atoms with Gasteiger partial charge in [-0.05, 0) is 18.9 Å². The molecule has 140 valence electrons. The Kier molecular flexibility index (Phi) is 7.31. The van der Waals surface area contributed by atoms with Gasteiger partial charge in [0.15, 0.2) is 15.8 Å². The number of hydrogen-bond acceptors (Lipinski definition) is 5. The zero-order valence-electron chi connectivity index (χ0n) is 15.3. The molecule has 0 aromatic heterocycles. The van der Waals surface area contributed by atoms with Crippen LogP contribution in [-0.4, -0.2) is 94.6 Å². The highest BCUT2D eigenvalue weighted by atomic mass is 32.2. The second kappa shape index (κ2) is 9.01. The number of piperazine rings is 1. The normalized spacial score (nSPS) is 27.1. The van der Waals surface area contributed by atoms with Gasteiger partial charge in [0.25, 0.3) is 0 Å². The van der Waals surface area contributed by atoms with E-state index in [1.165, 1.54) is 0 Å². The minimum atomic E-state index is -2.86. The van der Waals surface area contributed by atoms with Crippen LogP contribution in [0, 0.1) is 5.92 Å². The van der Waals surface area contributed by atoms with Gasteiger partial charge in [-0.15, -0.1) is 0 Å². The monoisotopic (exact) mass is 359 g/mol. The molecule has 0 spiro atoms. The molecule has 24 heavy (non-hydrogen) atoms. The minimum Gasteiger partial charge on any atom is -0.356 e. The standard InChI is InChI=1S/C16H33N5O2S/c1-4-20-6-8-21(9-7-20)12-14(2)11-18-16(17-3)19-15-5-10-24(22,23)13-15/h14-15H,4-13H2,1-3H3,(H2,17,18,19). The van der Waals surface area contributed by atoms with Crippen molar-refractivity contribution in [3.63, 3.8) is 0 Å². The van der Waals surface area contributed by atoms with E-state index in [4.69, 9.17) is 0 Å². The molecule has 0 bridgehead atoms. The molecular formula is C16H33N5O2S. The van der Waals surface area contributed by atoms with E-state index in [1.54, 1.807) is 7.05 Å². The fourth-order valence-corrected chi connectivity index (χ4v) is 5.03. The molecule has 0 radical (unpaired) electrons. The topological polar surface area (TPSA) is 77.0 Å². The minimum absolute atomic E-state index is 0.0152. The summed E-state index contributed by atoms with van der Waals surface area (Å²) in [7, 11) is -1.13. The van der Waals surface area contributed by atoms with Crippen LogP contribution in [0.2, 0.25) is 0 Å². The maximum atomic E-state index is 11.5. The van der Waals surface area contributed by atoms with Gasteiger partial charge in [0, 0.05) is 52.4 Å². The van der Waals surface area contributed by atoms with E-state index in [1.807, 2.05) is 0 Å². The van der Waals surface area contributed by atoms with Gasteiger partial charge < -0.3 is 20.4 Å². The molecule has 8 heteroatoms. The average molecular weight is 360 g/mol. The number of likely N-dealkylation sites (N-methyl/N-ethyl adjacent to an activating group) is 1. The summed E-state index contributed by atoms with van der Waals surface area (Å²) in [6.07, 6.45) is 0.667. The number of nitrogens with zero attached hydrogens (tertiary/aromatic N) is 3. The summed E-state index contributed by atoms with van der Waals surface area (Å²) in [5, 5.41) is 6.57. The third kappa shape index (κ3) is 6.22. The maximum absolute atomic E-state index is 11.5. The molecule has 2 N–H and O–H groups in total. The van der Waals surface area contributed by atoms with E-state index in [0.29, 0.717) is 18.3 Å². The maximum Gasteiger partial charge on any atom is 0.191 e. The molecule has 0 aromatic carbocycles. The van der Waals surface area contributed by atoms with Crippen LogP contribution in [0.5, 0.6) is 0 Å². The van der Waals surface area contributed by atoms with E-state index >= 15 is 0 Å². The molecule has 2 saturated heterocycles. The van der Waals surface area contributed by atoms with Crippen molar-refractivity contribution in [2.24, 2.45) is 10.9 Å². The summed E-state index contributed by atoms with van der Waals surface area (Å²) >= 11 is 0. The van der Waals surface area contributed by atoms with Gasteiger partial charge in [-0.25, -0.2) is 8.42 Å². The van der Waals surface area contributed by atoms with Crippen molar-refractivity contribution >= 4 is 15.8 Å². The lowest BCUT2D eigenvalue weighted by molar-refractivity contribution is 0.124. The highest BCUT2D eigenvalue weighted by Crippen LogP contribution is 2.11. The molecule has 2 aliphatic heterocycles. The van der Waals surface area contributed by atoms with Crippen LogP contribution in [0.25, 0.3) is 0 Å². The second-order valence-electron chi connectivity index (χ2n) is 7.04. The Bertz CT molecular complexity index is 515. The predicted octanol–water partition coefficient (Wildman–Crippen LogP) is -0.388. The molecule has 2 fully saturated rings. The van der Waals surface area contributed by atoms with Crippen molar-refractivity contribution in [1.29, 1.82) is 0 Å². The summed E-state index contributed by atoms with van der Waals surface area (Å²) in [5.74, 6) is 1.72. The molecule has 2 heterocycles. The van der Waals surface area contributed by atoms with Gasteiger partial charge in [0.05, 0.1) is 11.5 Å². The Morgan fingerprint density at radius 3 is 2.46 bits per heavy atom. The molecule has 2 unspecified atom stereocenters. The van der Waals surface area contributed by atoms with Crippen LogP contribution in [0.1, 0.15) is 20.3 Å². The Morgan fingerprint density at radius 2 is 1.92 bits per heavy atom. The second-order valence-corrected chi connectivity index (χ2v) is 9.27. The third-order valence-electron chi connectivity index (χ3n) is 4.90. The van der Waals surface area contributed by atoms with Crippen LogP contribution in [0.15, 0.2) is 4.99 Å². The third-order valence-corrected chi connectivity index (χ3v) is 6.66. The molecule has 0 aliphatic carbocycles. The summed E-state index contributed by atoms with van der Waals surface area (Å²) in [5.41, 5.74) is 0. The van der Waals surface area contributed by atoms with Gasteiger partial charge in [-0.2, -0.15) is 0 Å². The number of rotatable bonds is 6. The molecule has 2 atom stereocenters. The van der Waals surface area contributed by atoms with E-state index < -0.39 is 9.84 Å². The SMILES string of the molecule is CCN1CCN(CC(C)CNC(=NC)NC2CCS(=O)(=O)C2)CC1. The van der Waals surface area contributed by atoms with Crippen molar-refractivity contribution < 1.29 is 8.42 Å². The number of aliphatic imine (C=N–C) groups is 1. The van der Waals surface area contributed by atoms with Crippen LogP contribution in [-0.2, 0) is 9.84 Å². The van der Waals surface area contributed by atoms with Crippen molar-refractivity contribution in [2.75, 3.05) is 64.4 Å². The Balaban J connectivity index is 1.67. The molecule has 2 aliphatic rings. The molecule has 0 aromatic rings. The Labute approximate surface area is 146 Å². The van der Waals surface area contributed by atoms with Gasteiger partial charge in [0.2, 0.25) is 0 Å². The average Bonchev–Trinajstić information content (AvgIpc) is 2.90. The first-order valence-corrected chi connectivity index (χ1v) is 10.9. The van der Waals surface area contributed by atoms with Crippen LogP contribution >= 0.6 is 0 Å². The molecule has 0 saturated carbocycles. The van der Waals surface area contributed by atoms with Crippen molar-refractivity contribution in [2.45, 2.75) is 26.3 Å². The fourth-order valence-electron chi connectivity index (χ4n) is 3.36. The first kappa shape index (κ1) is 19.5. The zero-order chi connectivity index (χ0) is 17.6. The Hall–Kier alpha value is -0.860. The van der Waals surface area contributed by atoms with E-state index in [2.05, 4.69) is 39.3 Å². The summed E-state index contributed by atoms with van der Waals surface area (Å²) in [6.45, 7) is 12.1. The lowest BCUT2D eigenvalue weighted by Crippen LogP contribution is -2.49. The van der Waals surface area contributed by atoms with Gasteiger partial charge >= 0.3 is 0 Å². The highest BCUT2D eigenvalue weighted by Gasteiger charge is 2.28. The lowest BCUT2D eigenvalue weighted by atomic mass is 10.1. The fraction of sp³-hybridized carbons (Fsp3) is 0.938. The largest absolute Gasteiger partial charge is 0.356 e. The number of nitrogens with one attached hydrogen (secondary N) is 2. The Morgan fingerprint density at radius 1 is 1.25 bits per heavy atom. The highest BCUT2D eigenvalue weighted by molar-refractivity contribution is 7.91. The molecule has 7 nitrogen and oxygen atoms in total. The zero-order valence-corrected chi connectivity index (χ0v) is 16.1. The van der Waals surface area contributed by atoms with Crippen molar-refractivity contribution in [3.8, 4) is 0 Å². The predicted molar refractivity (Wildman–Crippen MR) is 99.3 cm³/mol. The number of sulfone groups is 1. The van der Waals surface area contributed by atoms with Crippen LogP contribution in [0.3, 0.4) is 0 Å². The van der Waals surface area contributed by atoms with Crippen LogP contribution in [0.4, 0.5) is 0 Å². The lowest BCUT2D eigenvalue weighted by Gasteiger charge is -2.35. The summed E-state index contributed by atoms with van der Waals surface area (Å²) in [4.78, 5) is 9.23. The van der Waals surface area contributed by atoms with E-state index in [-0.39, 0.29) is 17.5 Å². The first-order chi connectivity index (χ1) is 11.4. The molecule has 0 amide bonds. The molecule has 2 rings (SSSR count). The smallest absolute Gasteiger partial charge is 0.191 e. The van der Waals surface area contributed by atoms with Gasteiger partial charge in [-0.3, -0.25) is 4.99 Å². The van der Waals surface area contributed by atoms with Gasteiger partial charge in [0.1, 0.15) is 0 Å². The quantitative estimate of drug-likeness (QED) is 0.497. The number of hydrogen-bond donors (Lipinski definition) is 2. The number of guanidine groups is 1. The van der Waals surface area contributed by atoms with E-state index in [9.17, 15) is 8.42 Å². The molecular weight excluding hydrogens is 326 g/mol.